The Hall–Kier alpha value is -4.55. The molecule has 4 aromatic carbocycles. The van der Waals surface area contributed by atoms with Crippen molar-refractivity contribution in [1.29, 1.82) is 0 Å². The van der Waals surface area contributed by atoms with Crippen LogP contribution in [0.4, 0.5) is 0 Å². The van der Waals surface area contributed by atoms with Crippen LogP contribution in [-0.2, 0) is 17.8 Å². The molecule has 6 nitrogen and oxygen atoms in total. The van der Waals surface area contributed by atoms with Crippen molar-refractivity contribution >= 4 is 34.4 Å². The van der Waals surface area contributed by atoms with E-state index in [0.29, 0.717) is 23.1 Å². The van der Waals surface area contributed by atoms with E-state index in [9.17, 15) is 14.7 Å². The van der Waals surface area contributed by atoms with Crippen molar-refractivity contribution in [3.63, 3.8) is 0 Å². The Morgan fingerprint density at radius 2 is 1.55 bits per heavy atom. The largest absolute Gasteiger partial charge is 0.489 e. The second-order valence-electron chi connectivity index (χ2n) is 8.98. The number of hydrogen-bond acceptors (Lipinski definition) is 3. The number of carboxylic acid groups (broad SMARTS) is 1. The summed E-state index contributed by atoms with van der Waals surface area (Å²) in [4.78, 5) is 28.0. The zero-order valence-electron chi connectivity index (χ0n) is 20.4. The van der Waals surface area contributed by atoms with E-state index in [1.54, 1.807) is 18.2 Å². The molecule has 0 spiro atoms. The fourth-order valence-corrected chi connectivity index (χ4v) is 4.34. The Balaban J connectivity index is 1.24. The molecule has 0 bridgehead atoms. The third-order valence-corrected chi connectivity index (χ3v) is 6.51. The third kappa shape index (κ3) is 6.05. The molecule has 0 aliphatic heterocycles. The molecule has 0 saturated carbocycles. The molecule has 1 aromatic heterocycles. The summed E-state index contributed by atoms with van der Waals surface area (Å²) in [5, 5.41) is 13.9. The van der Waals surface area contributed by atoms with Crippen LogP contribution in [0.25, 0.3) is 22.0 Å². The molecular formula is C31H25ClN2O4. The Labute approximate surface area is 224 Å². The van der Waals surface area contributed by atoms with Crippen LogP contribution >= 0.6 is 11.6 Å². The normalized spacial score (nSPS) is 11.7. The molecule has 0 fully saturated rings. The van der Waals surface area contributed by atoms with Crippen LogP contribution < -0.4 is 10.1 Å². The van der Waals surface area contributed by atoms with Gasteiger partial charge in [0.2, 0.25) is 0 Å². The Morgan fingerprint density at radius 3 is 2.26 bits per heavy atom. The smallest absolute Gasteiger partial charge is 0.326 e. The number of halogens is 1. The first kappa shape index (κ1) is 25.1. The maximum atomic E-state index is 12.9. The molecule has 1 heterocycles. The molecule has 1 atom stereocenters. The number of fused-ring (bicyclic) bond motifs is 1. The summed E-state index contributed by atoms with van der Waals surface area (Å²) in [6.07, 6.45) is 0.140. The van der Waals surface area contributed by atoms with Gasteiger partial charge in [0, 0.05) is 22.3 Å². The van der Waals surface area contributed by atoms with E-state index >= 15 is 0 Å². The number of H-pyrrole nitrogens is 1. The predicted molar refractivity (Wildman–Crippen MR) is 149 cm³/mol. The number of carboxylic acids is 1. The Bertz CT molecular complexity index is 1560. The number of hydrogen-bond donors (Lipinski definition) is 3. The molecule has 0 saturated heterocycles. The summed E-state index contributed by atoms with van der Waals surface area (Å²) in [6, 6.07) is 31.0. The van der Waals surface area contributed by atoms with Gasteiger partial charge >= 0.3 is 5.97 Å². The van der Waals surface area contributed by atoms with E-state index in [1.807, 2.05) is 84.9 Å². The highest BCUT2D eigenvalue weighted by Crippen LogP contribution is 2.26. The van der Waals surface area contributed by atoms with Crippen molar-refractivity contribution in [1.82, 2.24) is 10.3 Å². The summed E-state index contributed by atoms with van der Waals surface area (Å²) < 4.78 is 5.80. The van der Waals surface area contributed by atoms with E-state index in [0.717, 1.165) is 33.2 Å². The Kier molecular flexibility index (Phi) is 7.43. The number of rotatable bonds is 9. The molecule has 0 aliphatic carbocycles. The van der Waals surface area contributed by atoms with Gasteiger partial charge < -0.3 is 20.1 Å². The zero-order chi connectivity index (χ0) is 26.5. The quantitative estimate of drug-likeness (QED) is 0.205. The SMILES string of the molecule is O=C(NC(Cc1ccc(OCc2ccccc2)cc1)C(=O)O)c1cc2cc(-c3ccc(Cl)cc3)ccc2[nH]1. The number of benzene rings is 4. The van der Waals surface area contributed by atoms with Gasteiger partial charge in [0.05, 0.1) is 0 Å². The van der Waals surface area contributed by atoms with Gasteiger partial charge in [-0.05, 0) is 64.7 Å². The standard InChI is InChI=1S/C31H25ClN2O4/c32-25-11-8-22(9-12-25)23-10-15-27-24(17-23)18-28(33-27)30(35)34-29(31(36)37)16-20-6-13-26(14-7-20)38-19-21-4-2-1-3-5-21/h1-15,17-18,29,33H,16,19H2,(H,34,35)(H,36,37). The second-order valence-corrected chi connectivity index (χ2v) is 9.42. The van der Waals surface area contributed by atoms with Gasteiger partial charge in [-0.1, -0.05) is 72.3 Å². The minimum Gasteiger partial charge on any atom is -0.489 e. The molecule has 1 unspecified atom stereocenters. The predicted octanol–water partition coefficient (Wildman–Crippen LogP) is 6.49. The molecule has 5 aromatic rings. The monoisotopic (exact) mass is 524 g/mol. The highest BCUT2D eigenvalue weighted by atomic mass is 35.5. The fourth-order valence-electron chi connectivity index (χ4n) is 4.21. The highest BCUT2D eigenvalue weighted by Gasteiger charge is 2.22. The lowest BCUT2D eigenvalue weighted by Gasteiger charge is -2.14. The van der Waals surface area contributed by atoms with E-state index in [4.69, 9.17) is 16.3 Å². The fraction of sp³-hybridized carbons (Fsp3) is 0.0968. The van der Waals surface area contributed by atoms with Crippen LogP contribution in [0.15, 0.2) is 103 Å². The van der Waals surface area contributed by atoms with Gasteiger partial charge in [-0.15, -0.1) is 0 Å². The van der Waals surface area contributed by atoms with Crippen molar-refractivity contribution in [2.24, 2.45) is 0 Å². The van der Waals surface area contributed by atoms with Crippen LogP contribution in [0.2, 0.25) is 5.02 Å². The number of ether oxygens (including phenoxy) is 1. The lowest BCUT2D eigenvalue weighted by atomic mass is 10.0. The average Bonchev–Trinajstić information content (AvgIpc) is 3.37. The van der Waals surface area contributed by atoms with Gasteiger partial charge in [0.1, 0.15) is 24.1 Å². The summed E-state index contributed by atoms with van der Waals surface area (Å²) in [5.41, 5.74) is 4.90. The maximum Gasteiger partial charge on any atom is 0.326 e. The first-order chi connectivity index (χ1) is 18.4. The van der Waals surface area contributed by atoms with E-state index in [2.05, 4.69) is 10.3 Å². The van der Waals surface area contributed by atoms with Gasteiger partial charge in [-0.3, -0.25) is 4.79 Å². The first-order valence-corrected chi connectivity index (χ1v) is 12.5. The number of carbonyl (C=O) groups is 2. The van der Waals surface area contributed by atoms with Crippen molar-refractivity contribution < 1.29 is 19.4 Å². The van der Waals surface area contributed by atoms with E-state index < -0.39 is 17.9 Å². The Morgan fingerprint density at radius 1 is 0.842 bits per heavy atom. The van der Waals surface area contributed by atoms with Crippen molar-refractivity contribution in [2.75, 3.05) is 0 Å². The van der Waals surface area contributed by atoms with Crippen LogP contribution in [-0.4, -0.2) is 28.0 Å². The maximum absolute atomic E-state index is 12.9. The summed E-state index contributed by atoms with van der Waals surface area (Å²) in [6.45, 7) is 0.444. The lowest BCUT2D eigenvalue weighted by Crippen LogP contribution is -2.42. The second kappa shape index (κ2) is 11.2. The summed E-state index contributed by atoms with van der Waals surface area (Å²) in [7, 11) is 0. The van der Waals surface area contributed by atoms with E-state index in [-0.39, 0.29) is 6.42 Å². The molecule has 7 heteroatoms. The van der Waals surface area contributed by atoms with Gasteiger partial charge in [0.15, 0.2) is 0 Å². The van der Waals surface area contributed by atoms with Gasteiger partial charge in [0.25, 0.3) is 5.91 Å². The topological polar surface area (TPSA) is 91.4 Å². The highest BCUT2D eigenvalue weighted by molar-refractivity contribution is 6.30. The molecule has 0 radical (unpaired) electrons. The molecule has 3 N–H and O–H groups in total. The zero-order valence-corrected chi connectivity index (χ0v) is 21.1. The third-order valence-electron chi connectivity index (χ3n) is 6.26. The lowest BCUT2D eigenvalue weighted by molar-refractivity contribution is -0.139. The number of nitrogens with one attached hydrogen (secondary N) is 2. The summed E-state index contributed by atoms with van der Waals surface area (Å²) in [5.74, 6) is -0.905. The van der Waals surface area contributed by atoms with Crippen molar-refractivity contribution in [3.8, 4) is 16.9 Å². The number of carbonyl (C=O) groups excluding carboxylic acids is 1. The number of aromatic amines is 1. The number of aromatic nitrogens is 1. The number of amides is 1. The van der Waals surface area contributed by atoms with Crippen LogP contribution in [0.5, 0.6) is 5.75 Å². The summed E-state index contributed by atoms with van der Waals surface area (Å²) >= 11 is 5.99. The van der Waals surface area contributed by atoms with Crippen molar-refractivity contribution in [3.05, 3.63) is 125 Å². The van der Waals surface area contributed by atoms with Crippen LogP contribution in [0.1, 0.15) is 21.6 Å². The van der Waals surface area contributed by atoms with E-state index in [1.165, 1.54) is 0 Å². The minimum absolute atomic E-state index is 0.140. The van der Waals surface area contributed by atoms with Gasteiger partial charge in [-0.2, -0.15) is 0 Å². The molecule has 38 heavy (non-hydrogen) atoms. The van der Waals surface area contributed by atoms with Gasteiger partial charge in [-0.25, -0.2) is 4.79 Å². The molecular weight excluding hydrogens is 500 g/mol. The molecule has 190 valence electrons. The van der Waals surface area contributed by atoms with Crippen LogP contribution in [0, 0.1) is 0 Å². The first-order valence-electron chi connectivity index (χ1n) is 12.1. The molecule has 1 amide bonds. The number of aliphatic carboxylic acids is 1. The minimum atomic E-state index is -1.11. The van der Waals surface area contributed by atoms with Crippen molar-refractivity contribution in [2.45, 2.75) is 19.1 Å². The van der Waals surface area contributed by atoms with Crippen LogP contribution in [0.3, 0.4) is 0 Å². The molecule has 5 rings (SSSR count). The molecule has 0 aliphatic rings. The average molecular weight is 525 g/mol.